The first-order valence-corrected chi connectivity index (χ1v) is 53.2. The van der Waals surface area contributed by atoms with Crippen LogP contribution >= 0.6 is 11.6 Å². The lowest BCUT2D eigenvalue weighted by Crippen LogP contribution is -2.37. The number of hydrogen-bond acceptors (Lipinski definition) is 10. The lowest BCUT2D eigenvalue weighted by molar-refractivity contribution is -0.159. The molecule has 5 aliphatic rings. The number of amides is 1. The number of para-hydroxylation sites is 4. The van der Waals surface area contributed by atoms with Gasteiger partial charge in [0.05, 0.1) is 58.4 Å². The number of aliphatic carboxylic acids is 1. The summed E-state index contributed by atoms with van der Waals surface area (Å²) in [5.74, 6) is 1.31. The van der Waals surface area contributed by atoms with Gasteiger partial charge in [0.1, 0.15) is 28.7 Å². The Bertz CT molecular complexity index is 7250. The van der Waals surface area contributed by atoms with Crippen LogP contribution < -0.4 is 5.32 Å². The van der Waals surface area contributed by atoms with Gasteiger partial charge in [-0.15, -0.1) is 0 Å². The van der Waals surface area contributed by atoms with E-state index in [1.807, 2.05) is 49.4 Å². The summed E-state index contributed by atoms with van der Waals surface area (Å²) < 4.78 is 15.5. The van der Waals surface area contributed by atoms with Gasteiger partial charge in [-0.3, -0.25) is 36.8 Å². The minimum absolute atomic E-state index is 0.00197. The topological polar surface area (TPSA) is 199 Å². The van der Waals surface area contributed by atoms with Crippen molar-refractivity contribution in [2.45, 2.75) is 260 Å². The summed E-state index contributed by atoms with van der Waals surface area (Å²) in [5, 5.41) is 27.8. The van der Waals surface area contributed by atoms with Crippen LogP contribution in [0.15, 0.2) is 249 Å². The average molecular weight is 1930 g/mol. The van der Waals surface area contributed by atoms with E-state index in [1.54, 1.807) is 0 Å². The second kappa shape index (κ2) is 43.7. The summed E-state index contributed by atoms with van der Waals surface area (Å²) in [6.07, 6.45) is 24.6. The summed E-state index contributed by atoms with van der Waals surface area (Å²) >= 11 is 6.02. The van der Waals surface area contributed by atoms with E-state index in [-0.39, 0.29) is 59.4 Å². The Hall–Kier alpha value is -12.9. The number of halogens is 1. The standard InChI is InChI=1S/C37H46N2O2.C35H37N3O2.C27H27ClN2O.C27H28N2O2/c1-23(2)30-19-14-24(3)20-34(30)41-37(40)35(28-10-6-7-11-28)29-17-15-27(16-18-29)22-32-31-12-8-9-13-33(31)39-26(5)21-25(4)38-36(32)39;1-23-20-24(2)38-32-15-9-8-14-29(32)30(34(38)36-23)21-25-16-18-28(19-17-25)33(27-12-6-7-13-27)35(40)37-31(22-39)26-10-4-3-5-11-26;1-17-15-18(2)30-24-10-6-5-9-22(24)23(27(30)29-17)16-19-11-13-21(14-12-19)25(26(28)31)20-7-3-4-8-20;1-17-15-18(2)29-24-10-6-5-9-22(24)23(26(29)28-17)16-19-11-13-21(14-12-19)25(27(30)31)20-7-3-4-8-20/h8-9,12-13,15-18,21,23-24,28,30,34-35H,6-7,10-11,14,19-20,22H2,1-5H3;3-5,8-11,14-20,27,31,33,39H,6-7,12-13,21-22H2,1-2H3,(H,37,40);5-6,9-15,20,25H,3-4,7-8,16H2,1-2H3;5-6,9-15,20,25H,3-4,7-8,16H2,1-2H3,(H,30,31)/t24-,30+,34-,35-;31-,33-;2*25-/m0000/s1. The van der Waals surface area contributed by atoms with E-state index >= 15 is 0 Å². The average Bonchev–Trinajstić information content (AvgIpc) is 1.61. The number of nitrogens with one attached hydrogen (secondary N) is 1. The molecule has 0 spiro atoms. The monoisotopic (exact) mass is 1920 g/mol. The molecule has 143 heavy (non-hydrogen) atoms. The Morgan fingerprint density at radius 3 is 0.986 bits per heavy atom. The van der Waals surface area contributed by atoms with E-state index in [0.717, 1.165) is 189 Å². The molecule has 8 atom stereocenters. The van der Waals surface area contributed by atoms with Crippen LogP contribution in [0.1, 0.15) is 290 Å². The van der Waals surface area contributed by atoms with Gasteiger partial charge >= 0.3 is 11.9 Å². The van der Waals surface area contributed by atoms with Crippen molar-refractivity contribution in [3.05, 3.63) is 367 Å². The third kappa shape index (κ3) is 21.1. The zero-order valence-corrected chi connectivity index (χ0v) is 85.8. The number of carboxylic acids is 1. The maximum atomic E-state index is 13.9. The number of aliphatic hydroxyl groups is 1. The zero-order chi connectivity index (χ0) is 99.4. The molecule has 8 aromatic heterocycles. The Kier molecular flexibility index (Phi) is 30.2. The van der Waals surface area contributed by atoms with Crippen LogP contribution in [0.2, 0.25) is 0 Å². The van der Waals surface area contributed by atoms with E-state index in [9.17, 15) is 29.4 Å². The Morgan fingerprint density at radius 2 is 0.664 bits per heavy atom. The number of hydrogen-bond donors (Lipinski definition) is 3. The first-order valence-electron chi connectivity index (χ1n) is 52.8. The van der Waals surface area contributed by atoms with E-state index in [4.69, 9.17) is 36.3 Å². The van der Waals surface area contributed by atoms with Crippen LogP contribution in [0.4, 0.5) is 0 Å². The van der Waals surface area contributed by atoms with Gasteiger partial charge in [0.2, 0.25) is 11.1 Å². The van der Waals surface area contributed by atoms with Gasteiger partial charge in [0.15, 0.2) is 0 Å². The molecule has 8 heterocycles. The van der Waals surface area contributed by atoms with Gasteiger partial charge in [-0.05, 0) is 271 Å². The number of rotatable bonds is 25. The van der Waals surface area contributed by atoms with Gasteiger partial charge < -0.3 is 20.3 Å². The molecule has 16 nitrogen and oxygen atoms in total. The third-order valence-corrected chi connectivity index (χ3v) is 32.6. The fraction of sp³-hybridized carbons (Fsp3) is 0.381. The number of carboxylic acid groups (broad SMARTS) is 1. The number of aromatic nitrogens is 8. The number of esters is 1. The number of nitrogens with zero attached hydrogens (tertiary/aromatic N) is 8. The lowest BCUT2D eigenvalue weighted by atomic mass is 9.75. The van der Waals surface area contributed by atoms with Crippen molar-refractivity contribution in [1.82, 2.24) is 42.9 Å². The van der Waals surface area contributed by atoms with Crippen LogP contribution in [0.25, 0.3) is 66.2 Å². The van der Waals surface area contributed by atoms with Crippen LogP contribution in [0.5, 0.6) is 0 Å². The molecule has 3 N–H and O–H groups in total. The lowest BCUT2D eigenvalue weighted by Gasteiger charge is -2.37. The first kappa shape index (κ1) is 98.9. The van der Waals surface area contributed by atoms with E-state index in [2.05, 4.69) is 298 Å². The maximum Gasteiger partial charge on any atom is 0.313 e. The number of fused-ring (bicyclic) bond motifs is 12. The number of carbonyl (C=O) groups excluding carboxylic acids is 3. The number of ether oxygens (including phenoxy) is 1. The van der Waals surface area contributed by atoms with Crippen LogP contribution in [-0.4, -0.2) is 83.6 Å². The molecule has 736 valence electrons. The fourth-order valence-corrected chi connectivity index (χ4v) is 25.8. The van der Waals surface area contributed by atoms with Crippen molar-refractivity contribution in [2.24, 2.45) is 41.4 Å². The van der Waals surface area contributed by atoms with E-state index in [1.165, 1.54) is 143 Å². The van der Waals surface area contributed by atoms with Crippen molar-refractivity contribution < 1.29 is 34.1 Å². The molecule has 5 fully saturated rings. The molecule has 5 saturated carbocycles. The van der Waals surface area contributed by atoms with E-state index < -0.39 is 12.0 Å². The molecule has 0 saturated heterocycles. The van der Waals surface area contributed by atoms with Gasteiger partial charge in [0, 0.05) is 115 Å². The summed E-state index contributed by atoms with van der Waals surface area (Å²) in [4.78, 5) is 71.5. The Labute approximate surface area is 846 Å². The van der Waals surface area contributed by atoms with Gasteiger partial charge in [-0.2, -0.15) is 0 Å². The SMILES string of the molecule is Cc1cc(C)n2c(n1)c(Cc1ccc([C@@H](C(=O)Cl)C3CCCC3)cc1)c1ccccc12.Cc1cc(C)n2c(n1)c(Cc1ccc([C@@H](C(=O)N[C@@H](CO)c3ccccc3)C3CCCC3)cc1)c1ccccc12.Cc1cc(C)n2c(n1)c(Cc1ccc([C@@H](C(=O)O)C3CCCC3)cc1)c1ccccc12.Cc1cc(C)n2c(n1)c(Cc1ccc([C@@H](C(=O)O[C@H]3C[C@@H](C)CC[C@@H]3C(C)C)C3CCCC3)cc1)c1ccccc12. The third-order valence-electron chi connectivity index (χ3n) is 32.4. The zero-order valence-electron chi connectivity index (χ0n) is 85.0. The van der Waals surface area contributed by atoms with Crippen molar-refractivity contribution in [3.63, 3.8) is 0 Å². The second-order valence-electron chi connectivity index (χ2n) is 42.6. The Morgan fingerprint density at radius 1 is 0.371 bits per heavy atom. The number of carbonyl (C=O) groups is 4. The quantitative estimate of drug-likeness (QED) is 0.0363. The molecule has 1 amide bonds. The molecular weight excluding hydrogens is 1790 g/mol. The number of aryl methyl sites for hydroxylation is 8. The highest BCUT2D eigenvalue weighted by atomic mass is 35.5. The molecule has 22 rings (SSSR count). The molecule has 0 unspecified atom stereocenters. The molecular formula is C126H138ClN9O7. The predicted octanol–water partition coefficient (Wildman–Crippen LogP) is 28.6. The van der Waals surface area contributed by atoms with Crippen molar-refractivity contribution >= 4 is 101 Å². The highest BCUT2D eigenvalue weighted by molar-refractivity contribution is 6.64. The normalized spacial score (nSPS) is 17.6. The summed E-state index contributed by atoms with van der Waals surface area (Å²) in [6, 6.07) is 86.2. The number of aliphatic hydroxyl groups excluding tert-OH is 1. The molecule has 17 aromatic rings. The maximum absolute atomic E-state index is 13.9. The largest absolute Gasteiger partial charge is 0.481 e. The molecule has 0 radical (unpaired) electrons. The second-order valence-corrected chi connectivity index (χ2v) is 43.0. The van der Waals surface area contributed by atoms with Crippen LogP contribution in [-0.2, 0) is 49.6 Å². The predicted molar refractivity (Wildman–Crippen MR) is 579 cm³/mol. The van der Waals surface area contributed by atoms with E-state index in [0.29, 0.717) is 35.5 Å². The summed E-state index contributed by atoms with van der Waals surface area (Å²) in [6.45, 7) is 23.5. The van der Waals surface area contributed by atoms with Crippen LogP contribution in [0.3, 0.4) is 0 Å². The minimum atomic E-state index is -0.695. The molecule has 9 aromatic carbocycles. The number of benzene rings is 9. The highest BCUT2D eigenvalue weighted by Crippen LogP contribution is 2.47. The molecule has 0 bridgehead atoms. The van der Waals surface area contributed by atoms with Gasteiger partial charge in [-0.1, -0.05) is 279 Å². The Balaban J connectivity index is 0.000000122. The van der Waals surface area contributed by atoms with Gasteiger partial charge in [-0.25, -0.2) is 19.9 Å². The molecule has 0 aliphatic heterocycles. The first-order chi connectivity index (χ1) is 69.4. The summed E-state index contributed by atoms with van der Waals surface area (Å²) in [7, 11) is 0. The molecule has 17 heteroatoms. The minimum Gasteiger partial charge on any atom is -0.481 e. The summed E-state index contributed by atoms with van der Waals surface area (Å²) in [5.41, 5.74) is 32.6. The fourth-order valence-electron chi connectivity index (χ4n) is 25.5. The van der Waals surface area contributed by atoms with Gasteiger partial charge in [0.25, 0.3) is 0 Å². The van der Waals surface area contributed by atoms with Crippen molar-refractivity contribution in [1.29, 1.82) is 0 Å². The highest BCUT2D eigenvalue weighted by Gasteiger charge is 2.41. The van der Waals surface area contributed by atoms with Crippen molar-refractivity contribution in [2.75, 3.05) is 6.61 Å². The smallest absolute Gasteiger partial charge is 0.313 e. The molecule has 5 aliphatic carbocycles. The van der Waals surface area contributed by atoms with Crippen molar-refractivity contribution in [3.8, 4) is 0 Å². The van der Waals surface area contributed by atoms with Crippen LogP contribution in [0, 0.1) is 96.8 Å².